The van der Waals surface area contributed by atoms with Crippen LogP contribution in [0.1, 0.15) is 106 Å². The number of aliphatic hydroxyl groups is 2. The number of aliphatic hydroxyl groups excluding tert-OH is 1. The summed E-state index contributed by atoms with van der Waals surface area (Å²) in [4.78, 5) is 0. The minimum Gasteiger partial charge on any atom is -0.393 e. The Hall–Kier alpha value is -0.340. The maximum absolute atomic E-state index is 11.5. The molecule has 0 bridgehead atoms. The van der Waals surface area contributed by atoms with Gasteiger partial charge in [-0.1, -0.05) is 66.5 Å². The molecule has 0 saturated heterocycles. The molecule has 2 nitrogen and oxygen atoms in total. The summed E-state index contributed by atoms with van der Waals surface area (Å²) >= 11 is 0. The van der Waals surface area contributed by atoms with E-state index in [0.717, 1.165) is 42.4 Å². The van der Waals surface area contributed by atoms with Crippen molar-refractivity contribution in [1.29, 1.82) is 0 Å². The molecule has 178 valence electrons. The molecule has 3 saturated carbocycles. The highest BCUT2D eigenvalue weighted by Crippen LogP contribution is 2.67. The van der Waals surface area contributed by atoms with Crippen molar-refractivity contribution in [3.63, 3.8) is 0 Å². The van der Waals surface area contributed by atoms with Crippen LogP contribution in [0.25, 0.3) is 0 Å². The predicted octanol–water partition coefficient (Wildman–Crippen LogP) is 7.00. The average molecular weight is 431 g/mol. The number of allylic oxidation sites excluding steroid dienone is 1. The lowest BCUT2D eigenvalue weighted by Gasteiger charge is -2.61. The zero-order valence-corrected chi connectivity index (χ0v) is 21.2. The van der Waals surface area contributed by atoms with E-state index in [0.29, 0.717) is 23.7 Å². The molecule has 0 aromatic carbocycles. The largest absolute Gasteiger partial charge is 0.393 e. The highest BCUT2D eigenvalue weighted by atomic mass is 16.3. The fourth-order valence-corrected chi connectivity index (χ4v) is 9.28. The van der Waals surface area contributed by atoms with E-state index in [2.05, 4.69) is 53.7 Å². The van der Waals surface area contributed by atoms with Gasteiger partial charge in [0.15, 0.2) is 0 Å². The van der Waals surface area contributed by atoms with Crippen molar-refractivity contribution in [2.24, 2.45) is 52.3 Å². The third-order valence-corrected chi connectivity index (χ3v) is 11.5. The van der Waals surface area contributed by atoms with Crippen LogP contribution in [0.4, 0.5) is 0 Å². The Balaban J connectivity index is 1.51. The first-order valence-corrected chi connectivity index (χ1v) is 13.7. The van der Waals surface area contributed by atoms with Crippen LogP contribution < -0.4 is 0 Å². The molecule has 4 aliphatic rings. The van der Waals surface area contributed by atoms with Crippen molar-refractivity contribution in [3.05, 3.63) is 12.2 Å². The van der Waals surface area contributed by atoms with Gasteiger partial charge in [-0.15, -0.1) is 0 Å². The van der Waals surface area contributed by atoms with Crippen LogP contribution in [-0.2, 0) is 0 Å². The fourth-order valence-electron chi connectivity index (χ4n) is 9.28. The van der Waals surface area contributed by atoms with Crippen LogP contribution in [0, 0.1) is 52.3 Å². The molecule has 0 heterocycles. The summed E-state index contributed by atoms with van der Waals surface area (Å²) in [6, 6.07) is 0. The Morgan fingerprint density at radius 3 is 2.39 bits per heavy atom. The van der Waals surface area contributed by atoms with Gasteiger partial charge in [0.25, 0.3) is 0 Å². The lowest BCUT2D eigenvalue weighted by molar-refractivity contribution is -0.167. The molecule has 10 atom stereocenters. The highest BCUT2D eigenvalue weighted by molar-refractivity contribution is 5.24. The molecule has 4 rings (SSSR count). The smallest absolute Gasteiger partial charge is 0.0908 e. The molecule has 31 heavy (non-hydrogen) atoms. The monoisotopic (exact) mass is 430 g/mol. The third kappa shape index (κ3) is 3.76. The Morgan fingerprint density at radius 2 is 1.71 bits per heavy atom. The molecule has 4 aliphatic carbocycles. The van der Waals surface area contributed by atoms with Gasteiger partial charge >= 0.3 is 0 Å². The second-order valence-corrected chi connectivity index (χ2v) is 13.1. The normalized spacial score (nSPS) is 48.7. The van der Waals surface area contributed by atoms with E-state index in [-0.39, 0.29) is 11.5 Å². The van der Waals surface area contributed by atoms with Crippen LogP contribution in [0.3, 0.4) is 0 Å². The summed E-state index contributed by atoms with van der Waals surface area (Å²) < 4.78 is 0. The summed E-state index contributed by atoms with van der Waals surface area (Å²) in [5.74, 6) is 5.34. The molecule has 0 amide bonds. The number of hydrogen-bond donors (Lipinski definition) is 2. The lowest BCUT2D eigenvalue weighted by atomic mass is 9.45. The van der Waals surface area contributed by atoms with Crippen LogP contribution in [-0.4, -0.2) is 21.9 Å². The lowest BCUT2D eigenvalue weighted by Crippen LogP contribution is -2.60. The van der Waals surface area contributed by atoms with E-state index in [1.165, 1.54) is 44.9 Å². The Bertz CT molecular complexity index is 670. The van der Waals surface area contributed by atoms with Gasteiger partial charge in [0.1, 0.15) is 0 Å². The van der Waals surface area contributed by atoms with E-state index >= 15 is 0 Å². The van der Waals surface area contributed by atoms with Gasteiger partial charge in [-0.2, -0.15) is 0 Å². The molecule has 0 aromatic heterocycles. The van der Waals surface area contributed by atoms with E-state index in [1.54, 1.807) is 0 Å². The summed E-state index contributed by atoms with van der Waals surface area (Å²) in [5, 5.41) is 21.8. The van der Waals surface area contributed by atoms with Crippen molar-refractivity contribution in [2.75, 3.05) is 0 Å². The number of fused-ring (bicyclic) bond motifs is 5. The van der Waals surface area contributed by atoms with Gasteiger partial charge in [-0.25, -0.2) is 0 Å². The second kappa shape index (κ2) is 8.46. The molecule has 0 unspecified atom stereocenters. The summed E-state index contributed by atoms with van der Waals surface area (Å²) in [6.07, 6.45) is 16.0. The number of hydrogen-bond acceptors (Lipinski definition) is 2. The summed E-state index contributed by atoms with van der Waals surface area (Å²) in [7, 11) is 0. The Labute approximate surface area is 192 Å². The Morgan fingerprint density at radius 1 is 0.968 bits per heavy atom. The predicted molar refractivity (Wildman–Crippen MR) is 130 cm³/mol. The van der Waals surface area contributed by atoms with Gasteiger partial charge in [-0.05, 0) is 91.8 Å². The van der Waals surface area contributed by atoms with Gasteiger partial charge in [0.05, 0.1) is 11.7 Å². The van der Waals surface area contributed by atoms with Crippen molar-refractivity contribution >= 4 is 0 Å². The first-order valence-electron chi connectivity index (χ1n) is 13.7. The second-order valence-electron chi connectivity index (χ2n) is 13.1. The van der Waals surface area contributed by atoms with Crippen LogP contribution in [0.2, 0.25) is 0 Å². The van der Waals surface area contributed by atoms with Crippen LogP contribution >= 0.6 is 0 Å². The van der Waals surface area contributed by atoms with Gasteiger partial charge in [0.2, 0.25) is 0 Å². The maximum atomic E-state index is 11.5. The van der Waals surface area contributed by atoms with Crippen molar-refractivity contribution in [1.82, 2.24) is 0 Å². The zero-order valence-electron chi connectivity index (χ0n) is 21.2. The van der Waals surface area contributed by atoms with E-state index < -0.39 is 5.60 Å². The molecular weight excluding hydrogens is 380 g/mol. The fraction of sp³-hybridized carbons (Fsp3) is 0.931. The van der Waals surface area contributed by atoms with Crippen molar-refractivity contribution < 1.29 is 10.2 Å². The van der Waals surface area contributed by atoms with Gasteiger partial charge in [-0.3, -0.25) is 0 Å². The van der Waals surface area contributed by atoms with E-state index in [9.17, 15) is 10.2 Å². The van der Waals surface area contributed by atoms with Crippen LogP contribution in [0.5, 0.6) is 0 Å². The van der Waals surface area contributed by atoms with Crippen molar-refractivity contribution in [2.45, 2.75) is 117 Å². The SMILES string of the molecule is CC[C@H](CC[C@@H](C)[C@H]1CC[C@H]2[C@@H]3C=C[C@@]4(O)C[C@@H](O)CC[C@]4(C)[C@H]3CC[C@]12C)C(C)C. The molecule has 2 N–H and O–H groups in total. The summed E-state index contributed by atoms with van der Waals surface area (Å²) in [6.45, 7) is 14.7. The van der Waals surface area contributed by atoms with Crippen LogP contribution in [0.15, 0.2) is 12.2 Å². The molecule has 0 aromatic rings. The van der Waals surface area contributed by atoms with Gasteiger partial charge < -0.3 is 10.2 Å². The quantitative estimate of drug-likeness (QED) is 0.446. The molecule has 2 heteroatoms. The topological polar surface area (TPSA) is 40.5 Å². The zero-order chi connectivity index (χ0) is 22.6. The first-order chi connectivity index (χ1) is 14.6. The van der Waals surface area contributed by atoms with E-state index in [1.807, 2.05) is 0 Å². The molecule has 3 fully saturated rings. The molecule has 0 radical (unpaired) electrons. The average Bonchev–Trinajstić information content (AvgIpc) is 3.06. The molecule has 0 aliphatic heterocycles. The molecule has 0 spiro atoms. The van der Waals surface area contributed by atoms with Gasteiger partial charge in [0, 0.05) is 11.8 Å². The summed E-state index contributed by atoms with van der Waals surface area (Å²) in [5.41, 5.74) is -0.413. The first kappa shape index (κ1) is 23.8. The highest BCUT2D eigenvalue weighted by Gasteiger charge is 2.63. The standard InChI is InChI=1S/C29H50O2/c1-7-21(19(2)3)9-8-20(4)24-10-11-25-23-13-17-29(31)18-22(30)12-16-28(29,6)26(23)14-15-27(24,25)5/h13,17,19-26,30-31H,7-12,14-16,18H2,1-6H3/t20-,21-,22+,23+,24-,25+,26+,27-,28-,29-/m1/s1. The maximum Gasteiger partial charge on any atom is 0.0908 e. The van der Waals surface area contributed by atoms with E-state index in [4.69, 9.17) is 0 Å². The third-order valence-electron chi connectivity index (χ3n) is 11.5. The van der Waals surface area contributed by atoms with Crippen molar-refractivity contribution in [3.8, 4) is 0 Å². The molecular formula is C29H50O2. The minimum absolute atomic E-state index is 0.0672. The number of rotatable bonds is 6. The Kier molecular flexibility index (Phi) is 6.50. The minimum atomic E-state index is -0.809.